The van der Waals surface area contributed by atoms with Crippen molar-refractivity contribution in [1.82, 2.24) is 0 Å². The van der Waals surface area contributed by atoms with Crippen molar-refractivity contribution in [3.8, 4) is 0 Å². The smallest absolute Gasteiger partial charge is 0.726 e. The summed E-state index contributed by atoms with van der Waals surface area (Å²) in [5.41, 5.74) is -2.65. The van der Waals surface area contributed by atoms with Gasteiger partial charge in [0.15, 0.2) is 6.29 Å². The average Bonchev–Trinajstić information content (AvgIpc) is 3.22. The second-order valence-electron chi connectivity index (χ2n) is 16.1. The first-order chi connectivity index (χ1) is 21.2. The maximum atomic E-state index is 12.6. The number of aliphatic hydroxyl groups excluding tert-OH is 6. The van der Waals surface area contributed by atoms with Crippen molar-refractivity contribution < 1.29 is 91.9 Å². The van der Waals surface area contributed by atoms with Gasteiger partial charge in [-0.3, -0.25) is 4.18 Å². The molecule has 5 fully saturated rings. The average molecular weight is 703 g/mol. The number of hydrogen-bond acceptors (Lipinski definition) is 13. The van der Waals surface area contributed by atoms with E-state index < -0.39 is 87.7 Å². The van der Waals surface area contributed by atoms with Gasteiger partial charge in [0.1, 0.15) is 24.4 Å². The van der Waals surface area contributed by atoms with E-state index in [1.54, 1.807) is 0 Å². The van der Waals surface area contributed by atoms with Gasteiger partial charge in [-0.25, -0.2) is 8.42 Å². The molecule has 0 spiro atoms. The van der Waals surface area contributed by atoms with E-state index in [1.807, 2.05) is 20.8 Å². The van der Waals surface area contributed by atoms with Crippen molar-refractivity contribution >= 4 is 10.4 Å². The second-order valence-corrected chi connectivity index (χ2v) is 17.1. The summed E-state index contributed by atoms with van der Waals surface area (Å²) in [6.07, 6.45) is -6.47. The molecule has 1 aliphatic heterocycles. The zero-order chi connectivity index (χ0) is 34.1. The van der Waals surface area contributed by atoms with Gasteiger partial charge in [-0.15, -0.1) is 0 Å². The molecule has 7 N–H and O–H groups in total. The second kappa shape index (κ2) is 14.5. The van der Waals surface area contributed by atoms with Gasteiger partial charge in [0.25, 0.3) is 0 Å². The Balaban J connectivity index is 0.00000500. The van der Waals surface area contributed by atoms with Crippen LogP contribution in [0.3, 0.4) is 0 Å². The summed E-state index contributed by atoms with van der Waals surface area (Å²) in [6.45, 7) is 10.0. The van der Waals surface area contributed by atoms with Crippen molar-refractivity contribution in [1.29, 1.82) is 0 Å². The minimum Gasteiger partial charge on any atom is -0.726 e. The van der Waals surface area contributed by atoms with Crippen LogP contribution in [0.25, 0.3) is 0 Å². The van der Waals surface area contributed by atoms with E-state index in [-0.39, 0.29) is 78.8 Å². The van der Waals surface area contributed by atoms with Crippen LogP contribution in [0.15, 0.2) is 0 Å². The standard InChI is InChI=1S/C32H56O13S.Na/c1-15(2)21(44-29-27(38)25(36)20(35)14-43-29)7-6-16(3)17-12-18(33)28-30(17,4)11-9-23-31(5)10-8-22(45-46(40,41)42)26(37)24(31)19(34)13-32(23,28)39;/h15-29,33-39H,6-14H2,1-5H3,(H,40,41,42);/q;+1/p-1/t16-,17-,18-,19+,20?,21+,22+,23?,24?,25?,26+,27?,28?,29?,30-,31-,32+;/m1./s1. The summed E-state index contributed by atoms with van der Waals surface area (Å²) in [4.78, 5) is 0. The molecule has 4 aliphatic carbocycles. The number of rotatable bonds is 9. The Labute approximate surface area is 300 Å². The molecule has 15 heteroatoms. The minimum absolute atomic E-state index is 0. The molecule has 0 aromatic carbocycles. The van der Waals surface area contributed by atoms with Crippen molar-refractivity contribution in [2.24, 2.45) is 46.3 Å². The molecular formula is C32H55NaO13S. The molecular weight excluding hydrogens is 647 g/mol. The summed E-state index contributed by atoms with van der Waals surface area (Å²) in [5, 5.41) is 77.1. The Bertz CT molecular complexity index is 1190. The van der Waals surface area contributed by atoms with E-state index in [0.717, 1.165) is 6.42 Å². The van der Waals surface area contributed by atoms with Crippen LogP contribution in [-0.4, -0.2) is 116 Å². The van der Waals surface area contributed by atoms with E-state index in [9.17, 15) is 48.7 Å². The van der Waals surface area contributed by atoms with E-state index in [0.29, 0.717) is 32.1 Å². The fourth-order valence-electron chi connectivity index (χ4n) is 11.0. The monoisotopic (exact) mass is 702 g/mol. The van der Waals surface area contributed by atoms with Gasteiger partial charge < -0.3 is 49.8 Å². The van der Waals surface area contributed by atoms with E-state index >= 15 is 0 Å². The Morgan fingerprint density at radius 2 is 1.53 bits per heavy atom. The first kappa shape index (κ1) is 40.3. The van der Waals surface area contributed by atoms with E-state index in [4.69, 9.17) is 9.47 Å². The maximum Gasteiger partial charge on any atom is 1.00 e. The first-order valence-corrected chi connectivity index (χ1v) is 18.3. The van der Waals surface area contributed by atoms with E-state index in [2.05, 4.69) is 18.0 Å². The molecule has 268 valence electrons. The molecule has 0 aromatic heterocycles. The van der Waals surface area contributed by atoms with Gasteiger partial charge in [0.05, 0.1) is 36.6 Å². The predicted molar refractivity (Wildman–Crippen MR) is 161 cm³/mol. The van der Waals surface area contributed by atoms with Gasteiger partial charge in [-0.1, -0.05) is 34.6 Å². The van der Waals surface area contributed by atoms with Gasteiger partial charge in [-0.05, 0) is 79.4 Å². The number of fused-ring (bicyclic) bond motifs is 5. The zero-order valence-electron chi connectivity index (χ0n) is 28.5. The molecule has 5 aliphatic rings. The van der Waals surface area contributed by atoms with Gasteiger partial charge in [-0.2, -0.15) is 0 Å². The van der Waals surface area contributed by atoms with Crippen LogP contribution in [-0.2, 0) is 24.1 Å². The Kier molecular flexibility index (Phi) is 12.4. The third-order valence-electron chi connectivity index (χ3n) is 13.1. The van der Waals surface area contributed by atoms with Crippen LogP contribution in [0.4, 0.5) is 0 Å². The van der Waals surface area contributed by atoms with Gasteiger partial charge in [0.2, 0.25) is 10.4 Å². The molecule has 1 heterocycles. The quantitative estimate of drug-likeness (QED) is 0.0746. The van der Waals surface area contributed by atoms with Crippen LogP contribution in [0.1, 0.15) is 86.0 Å². The SMILES string of the molecule is CC(C)[C@H](CC[C@@H](C)[C@H]1C[C@@H](O)C2[C@]3(O)C[C@H](O)C4[C@@H](O)[C@@H](OS(=O)(=O)[O-])CC[C@]4(C)C3CC[C@@]21C)OC1OCC(O)C(O)C1O.[Na+]. The number of ether oxygens (including phenoxy) is 2. The third-order valence-corrected chi connectivity index (χ3v) is 13.6. The van der Waals surface area contributed by atoms with Crippen LogP contribution in [0.2, 0.25) is 0 Å². The molecule has 0 bridgehead atoms. The summed E-state index contributed by atoms with van der Waals surface area (Å²) < 4.78 is 50.2. The first-order valence-electron chi connectivity index (χ1n) is 17.0. The van der Waals surface area contributed by atoms with Crippen LogP contribution in [0, 0.1) is 46.3 Å². The fraction of sp³-hybridized carbons (Fsp3) is 1.00. The number of hydrogen-bond donors (Lipinski definition) is 7. The molecule has 47 heavy (non-hydrogen) atoms. The minimum atomic E-state index is -5.06. The van der Waals surface area contributed by atoms with Crippen LogP contribution in [0.5, 0.6) is 0 Å². The van der Waals surface area contributed by atoms with E-state index in [1.165, 1.54) is 0 Å². The fourth-order valence-corrected chi connectivity index (χ4v) is 11.5. The molecule has 0 radical (unpaired) electrons. The summed E-state index contributed by atoms with van der Waals surface area (Å²) in [6, 6.07) is 0. The molecule has 17 atom stereocenters. The van der Waals surface area contributed by atoms with Crippen molar-refractivity contribution in [3.05, 3.63) is 0 Å². The normalized spacial score (nSPS) is 49.7. The molecule has 1 saturated heterocycles. The topological polar surface area (TPSA) is 226 Å². The van der Waals surface area contributed by atoms with Crippen molar-refractivity contribution in [2.45, 2.75) is 147 Å². The summed E-state index contributed by atoms with van der Waals surface area (Å²) in [7, 11) is -5.06. The van der Waals surface area contributed by atoms with Gasteiger partial charge in [0, 0.05) is 18.3 Å². The van der Waals surface area contributed by atoms with Crippen molar-refractivity contribution in [3.63, 3.8) is 0 Å². The van der Waals surface area contributed by atoms with Crippen molar-refractivity contribution in [2.75, 3.05) is 6.61 Å². The summed E-state index contributed by atoms with van der Waals surface area (Å²) in [5.74, 6) is -1.45. The molecule has 5 rings (SSSR count). The Morgan fingerprint density at radius 1 is 0.894 bits per heavy atom. The molecule has 0 amide bonds. The zero-order valence-corrected chi connectivity index (χ0v) is 31.3. The molecule has 13 nitrogen and oxygen atoms in total. The molecule has 7 unspecified atom stereocenters. The number of aliphatic hydroxyl groups is 7. The Hall–Kier alpha value is 0.510. The van der Waals surface area contributed by atoms with Crippen LogP contribution >= 0.6 is 0 Å². The summed E-state index contributed by atoms with van der Waals surface area (Å²) >= 11 is 0. The molecule has 4 saturated carbocycles. The Morgan fingerprint density at radius 3 is 2.15 bits per heavy atom. The molecule has 0 aromatic rings. The van der Waals surface area contributed by atoms with Crippen LogP contribution < -0.4 is 29.6 Å². The maximum absolute atomic E-state index is 12.6. The largest absolute Gasteiger partial charge is 1.00 e. The van der Waals surface area contributed by atoms with Gasteiger partial charge >= 0.3 is 29.6 Å². The predicted octanol–water partition coefficient (Wildman–Crippen LogP) is -2.58. The third kappa shape index (κ3) is 7.28.